The molecule has 86 valence electrons. The van der Waals surface area contributed by atoms with E-state index in [4.69, 9.17) is 11.0 Å². The Labute approximate surface area is 96.5 Å². The number of nitrogen functional groups attached to an aromatic ring is 1. The van der Waals surface area contributed by atoms with Crippen molar-refractivity contribution in [2.24, 2.45) is 5.41 Å². The summed E-state index contributed by atoms with van der Waals surface area (Å²) >= 11 is 0. The third kappa shape index (κ3) is 2.86. The molecule has 1 aromatic heterocycles. The second kappa shape index (κ2) is 4.84. The number of aromatic nitrogens is 1. The summed E-state index contributed by atoms with van der Waals surface area (Å²) < 4.78 is 0. The molecular formula is C12H18N4. The highest BCUT2D eigenvalue weighted by atomic mass is 15.0. The van der Waals surface area contributed by atoms with Crippen LogP contribution in [0.5, 0.6) is 0 Å². The minimum Gasteiger partial charge on any atom is -0.395 e. The van der Waals surface area contributed by atoms with E-state index in [1.807, 2.05) is 6.07 Å². The van der Waals surface area contributed by atoms with Gasteiger partial charge in [0, 0.05) is 12.7 Å². The van der Waals surface area contributed by atoms with Crippen molar-refractivity contribution in [3.63, 3.8) is 0 Å². The lowest BCUT2D eigenvalue weighted by Crippen LogP contribution is -2.23. The molecule has 0 aliphatic rings. The summed E-state index contributed by atoms with van der Waals surface area (Å²) in [5.41, 5.74) is 6.90. The topological polar surface area (TPSA) is 74.7 Å². The maximum absolute atomic E-state index is 8.83. The molecule has 16 heavy (non-hydrogen) atoms. The van der Waals surface area contributed by atoms with Gasteiger partial charge in [0.15, 0.2) is 5.82 Å². The van der Waals surface area contributed by atoms with Gasteiger partial charge in [0.1, 0.15) is 6.07 Å². The molecule has 1 aromatic rings. The maximum atomic E-state index is 8.83. The van der Waals surface area contributed by atoms with Gasteiger partial charge in [-0.15, -0.1) is 0 Å². The summed E-state index contributed by atoms with van der Waals surface area (Å²) in [6, 6.07) is 3.66. The lowest BCUT2D eigenvalue weighted by Gasteiger charge is -2.23. The van der Waals surface area contributed by atoms with Crippen LogP contribution in [-0.2, 0) is 0 Å². The molecule has 0 saturated heterocycles. The van der Waals surface area contributed by atoms with Crippen LogP contribution in [0.25, 0.3) is 0 Å². The van der Waals surface area contributed by atoms with Crippen molar-refractivity contribution in [2.75, 3.05) is 17.6 Å². The van der Waals surface area contributed by atoms with Crippen LogP contribution in [-0.4, -0.2) is 11.5 Å². The van der Waals surface area contributed by atoms with Crippen molar-refractivity contribution < 1.29 is 0 Å². The third-order valence-corrected chi connectivity index (χ3v) is 2.80. The molecule has 0 bridgehead atoms. The Bertz CT molecular complexity index is 404. The maximum Gasteiger partial charge on any atom is 0.150 e. The number of nitrogens with zero attached hydrogens (tertiary/aromatic N) is 2. The van der Waals surface area contributed by atoms with Crippen molar-refractivity contribution in [1.82, 2.24) is 4.98 Å². The standard InChI is InChI=1S/C12H18N4/c1-4-12(2,3)8-16-11-10(14)9(7-13)5-6-15-11/h5-6H,4,8,14H2,1-3H3,(H,15,16). The van der Waals surface area contributed by atoms with Gasteiger partial charge in [-0.05, 0) is 17.9 Å². The van der Waals surface area contributed by atoms with Gasteiger partial charge in [-0.3, -0.25) is 0 Å². The molecule has 0 atom stereocenters. The van der Waals surface area contributed by atoms with Crippen LogP contribution in [0.15, 0.2) is 12.3 Å². The molecule has 0 radical (unpaired) electrons. The van der Waals surface area contributed by atoms with Crippen LogP contribution in [0.1, 0.15) is 32.8 Å². The summed E-state index contributed by atoms with van der Waals surface area (Å²) in [4.78, 5) is 4.14. The molecule has 4 heteroatoms. The number of nitrogens with one attached hydrogen (secondary N) is 1. The van der Waals surface area contributed by atoms with Gasteiger partial charge in [-0.1, -0.05) is 20.8 Å². The number of anilines is 2. The van der Waals surface area contributed by atoms with Gasteiger partial charge in [-0.25, -0.2) is 4.98 Å². The average molecular weight is 218 g/mol. The van der Waals surface area contributed by atoms with Gasteiger partial charge < -0.3 is 11.1 Å². The molecule has 0 fully saturated rings. The fourth-order valence-corrected chi connectivity index (χ4v) is 1.16. The van der Waals surface area contributed by atoms with Gasteiger partial charge >= 0.3 is 0 Å². The van der Waals surface area contributed by atoms with Crippen molar-refractivity contribution >= 4 is 11.5 Å². The van der Waals surface area contributed by atoms with E-state index < -0.39 is 0 Å². The number of rotatable bonds is 4. The molecule has 0 aliphatic heterocycles. The molecular weight excluding hydrogens is 200 g/mol. The second-order valence-corrected chi connectivity index (χ2v) is 4.60. The Kier molecular flexibility index (Phi) is 3.73. The lowest BCUT2D eigenvalue weighted by molar-refractivity contribution is 0.376. The number of hydrogen-bond acceptors (Lipinski definition) is 4. The fraction of sp³-hybridized carbons (Fsp3) is 0.500. The zero-order chi connectivity index (χ0) is 12.2. The molecule has 3 N–H and O–H groups in total. The van der Waals surface area contributed by atoms with Gasteiger partial charge in [-0.2, -0.15) is 5.26 Å². The number of hydrogen-bond donors (Lipinski definition) is 2. The molecule has 0 spiro atoms. The van der Waals surface area contributed by atoms with Gasteiger partial charge in [0.05, 0.1) is 11.3 Å². The highest BCUT2D eigenvalue weighted by molar-refractivity contribution is 5.68. The number of nitriles is 1. The molecule has 4 nitrogen and oxygen atoms in total. The number of pyridine rings is 1. The van der Waals surface area contributed by atoms with Crippen LogP contribution in [0.3, 0.4) is 0 Å². The van der Waals surface area contributed by atoms with Crippen molar-refractivity contribution in [3.8, 4) is 6.07 Å². The van der Waals surface area contributed by atoms with Crippen LogP contribution in [0.4, 0.5) is 11.5 Å². The Morgan fingerprint density at radius 1 is 1.56 bits per heavy atom. The summed E-state index contributed by atoms with van der Waals surface area (Å²) in [6.45, 7) is 7.27. The number of nitrogens with two attached hydrogens (primary N) is 1. The summed E-state index contributed by atoms with van der Waals surface area (Å²) in [6.07, 6.45) is 2.66. The highest BCUT2D eigenvalue weighted by Crippen LogP contribution is 2.23. The Morgan fingerprint density at radius 3 is 2.81 bits per heavy atom. The van der Waals surface area contributed by atoms with E-state index in [9.17, 15) is 0 Å². The zero-order valence-corrected chi connectivity index (χ0v) is 10.0. The second-order valence-electron chi connectivity index (χ2n) is 4.60. The minimum atomic E-state index is 0.191. The molecule has 0 saturated carbocycles. The fourth-order valence-electron chi connectivity index (χ4n) is 1.16. The predicted octanol–water partition coefficient (Wildman–Crippen LogP) is 2.38. The van der Waals surface area contributed by atoms with Crippen LogP contribution in [0.2, 0.25) is 0 Å². The molecule has 0 amide bonds. The predicted molar refractivity (Wildman–Crippen MR) is 65.9 cm³/mol. The Hall–Kier alpha value is -1.76. The average Bonchev–Trinajstić information content (AvgIpc) is 2.28. The summed E-state index contributed by atoms with van der Waals surface area (Å²) in [5.74, 6) is 0.598. The van der Waals surface area contributed by atoms with Crippen molar-refractivity contribution in [3.05, 3.63) is 17.8 Å². The molecule has 0 aliphatic carbocycles. The molecule has 1 rings (SSSR count). The van der Waals surface area contributed by atoms with E-state index >= 15 is 0 Å². The van der Waals surface area contributed by atoms with E-state index in [1.54, 1.807) is 12.3 Å². The third-order valence-electron chi connectivity index (χ3n) is 2.80. The van der Waals surface area contributed by atoms with Crippen LogP contribution < -0.4 is 11.1 Å². The molecule has 0 aromatic carbocycles. The zero-order valence-electron chi connectivity index (χ0n) is 10.0. The van der Waals surface area contributed by atoms with Gasteiger partial charge in [0.2, 0.25) is 0 Å². The van der Waals surface area contributed by atoms with E-state index in [2.05, 4.69) is 31.1 Å². The largest absolute Gasteiger partial charge is 0.395 e. The highest BCUT2D eigenvalue weighted by Gasteiger charge is 2.15. The Balaban J connectivity index is 2.80. The molecule has 1 heterocycles. The Morgan fingerprint density at radius 2 is 2.25 bits per heavy atom. The van der Waals surface area contributed by atoms with Crippen LogP contribution >= 0.6 is 0 Å². The first-order valence-corrected chi connectivity index (χ1v) is 5.38. The van der Waals surface area contributed by atoms with Gasteiger partial charge in [0.25, 0.3) is 0 Å². The normalized spacial score (nSPS) is 10.9. The first kappa shape index (κ1) is 12.3. The summed E-state index contributed by atoms with van der Waals surface area (Å²) in [7, 11) is 0. The summed E-state index contributed by atoms with van der Waals surface area (Å²) in [5, 5.41) is 12.0. The minimum absolute atomic E-state index is 0.191. The lowest BCUT2D eigenvalue weighted by atomic mass is 9.90. The van der Waals surface area contributed by atoms with E-state index in [-0.39, 0.29) is 5.41 Å². The van der Waals surface area contributed by atoms with E-state index in [0.717, 1.165) is 13.0 Å². The first-order valence-electron chi connectivity index (χ1n) is 5.38. The van der Waals surface area contributed by atoms with E-state index in [0.29, 0.717) is 17.1 Å². The SMILES string of the molecule is CCC(C)(C)CNc1nccc(C#N)c1N. The monoisotopic (exact) mass is 218 g/mol. The van der Waals surface area contributed by atoms with Crippen molar-refractivity contribution in [2.45, 2.75) is 27.2 Å². The van der Waals surface area contributed by atoms with Crippen molar-refractivity contribution in [1.29, 1.82) is 5.26 Å². The molecule has 0 unspecified atom stereocenters. The van der Waals surface area contributed by atoms with Crippen LogP contribution in [0, 0.1) is 16.7 Å². The quantitative estimate of drug-likeness (QED) is 0.813. The van der Waals surface area contributed by atoms with E-state index in [1.165, 1.54) is 0 Å². The smallest absolute Gasteiger partial charge is 0.150 e. The first-order chi connectivity index (χ1) is 7.50.